The fourth-order valence-corrected chi connectivity index (χ4v) is 4.85. The molecule has 1 heteroatoms. The summed E-state index contributed by atoms with van der Waals surface area (Å²) in [5.74, 6) is 0. The molecule has 0 unspecified atom stereocenters. The Balaban J connectivity index is 2.94. The molecule has 0 aliphatic heterocycles. The van der Waals surface area contributed by atoms with E-state index in [1.165, 1.54) is 150 Å². The first-order valence-electron chi connectivity index (χ1n) is 12.1. The topological polar surface area (TPSA) is 0 Å². The molecule has 0 fully saturated rings. The van der Waals surface area contributed by atoms with Gasteiger partial charge in [0.25, 0.3) is 0 Å². The van der Waals surface area contributed by atoms with Crippen LogP contribution in [0.25, 0.3) is 0 Å². The molecule has 25 heavy (non-hydrogen) atoms. The fraction of sp³-hybridized carbons (Fsp3) is 1.00. The van der Waals surface area contributed by atoms with E-state index in [1.807, 2.05) is 0 Å². The van der Waals surface area contributed by atoms with Crippen molar-refractivity contribution in [1.29, 1.82) is 0 Å². The van der Waals surface area contributed by atoms with E-state index in [9.17, 15) is 0 Å². The molecule has 2 radical (unpaired) electrons. The number of hydrogen-bond acceptors (Lipinski definition) is 0. The molecule has 0 saturated carbocycles. The molecule has 0 amide bonds. The third-order valence-electron chi connectivity index (χ3n) is 5.41. The molecule has 0 atom stereocenters. The van der Waals surface area contributed by atoms with Gasteiger partial charge in [-0.3, -0.25) is 0 Å². The van der Waals surface area contributed by atoms with Crippen molar-refractivity contribution in [3.05, 3.63) is 0 Å². The fourth-order valence-electron chi connectivity index (χ4n) is 3.60. The second kappa shape index (κ2) is 24.2. The van der Waals surface area contributed by atoms with Crippen LogP contribution >= 0.6 is 0 Å². The monoisotopic (exact) mass is 366 g/mol. The average Bonchev–Trinajstić information content (AvgIpc) is 2.63. The molecule has 0 aromatic heterocycles. The first-order chi connectivity index (χ1) is 12.4. The van der Waals surface area contributed by atoms with Gasteiger partial charge in [-0.15, -0.1) is 0 Å². The summed E-state index contributed by atoms with van der Waals surface area (Å²) in [5.41, 5.74) is 0. The van der Waals surface area contributed by atoms with Crippen LogP contribution in [-0.2, 0) is 0 Å². The summed E-state index contributed by atoms with van der Waals surface area (Å²) in [5, 5.41) is 0. The predicted molar refractivity (Wildman–Crippen MR) is 119 cm³/mol. The molecular weight excluding hydrogens is 316 g/mol. The van der Waals surface area contributed by atoms with Crippen LogP contribution in [0.1, 0.15) is 142 Å². The van der Waals surface area contributed by atoms with E-state index in [4.69, 9.17) is 0 Å². The van der Waals surface area contributed by atoms with Crippen LogP contribution in [0.15, 0.2) is 0 Å². The zero-order valence-corrected chi connectivity index (χ0v) is 19.1. The highest BCUT2D eigenvalue weighted by Gasteiger charge is 1.96. The molecule has 0 aromatic rings. The quantitative estimate of drug-likeness (QED) is 0.132. The Bertz CT molecular complexity index is 192. The third kappa shape index (κ3) is 24.2. The lowest BCUT2D eigenvalue weighted by atomic mass is 10.1. The van der Waals surface area contributed by atoms with E-state index in [1.54, 1.807) is 0 Å². The van der Waals surface area contributed by atoms with Gasteiger partial charge in [0.2, 0.25) is 0 Å². The van der Waals surface area contributed by atoms with Crippen LogP contribution in [-0.4, -0.2) is 9.52 Å². The van der Waals surface area contributed by atoms with Gasteiger partial charge in [-0.1, -0.05) is 154 Å². The van der Waals surface area contributed by atoms with Gasteiger partial charge in [0.15, 0.2) is 0 Å². The first kappa shape index (κ1) is 25.2. The smallest absolute Gasteiger partial charge is 0.0378 e. The SMILES string of the molecule is CCCCCCCCCCCC[Si]CCCCCCCCCCCC. The Morgan fingerprint density at radius 1 is 0.320 bits per heavy atom. The number of hydrogen-bond donors (Lipinski definition) is 0. The lowest BCUT2D eigenvalue weighted by Gasteiger charge is -2.03. The van der Waals surface area contributed by atoms with Crippen molar-refractivity contribution < 1.29 is 0 Å². The van der Waals surface area contributed by atoms with Crippen LogP contribution in [0.4, 0.5) is 0 Å². The number of unbranched alkanes of at least 4 members (excludes halogenated alkanes) is 18. The van der Waals surface area contributed by atoms with E-state index < -0.39 is 0 Å². The normalized spacial score (nSPS) is 11.3. The van der Waals surface area contributed by atoms with Crippen molar-refractivity contribution >= 4 is 9.52 Å². The van der Waals surface area contributed by atoms with E-state index in [0.717, 1.165) is 0 Å². The second-order valence-corrected chi connectivity index (χ2v) is 9.61. The Labute approximate surface area is 164 Å². The summed E-state index contributed by atoms with van der Waals surface area (Å²) in [7, 11) is 1.26. The molecule has 0 aliphatic carbocycles. The number of rotatable bonds is 22. The maximum absolute atomic E-state index is 2.30. The van der Waals surface area contributed by atoms with Gasteiger partial charge in [-0.05, 0) is 0 Å². The highest BCUT2D eigenvalue weighted by atomic mass is 28.2. The van der Waals surface area contributed by atoms with E-state index >= 15 is 0 Å². The molecule has 0 aliphatic rings. The van der Waals surface area contributed by atoms with Gasteiger partial charge < -0.3 is 0 Å². The minimum Gasteiger partial charge on any atom is -0.0654 e. The summed E-state index contributed by atoms with van der Waals surface area (Å²) in [6, 6.07) is 3.04. The van der Waals surface area contributed by atoms with E-state index in [-0.39, 0.29) is 0 Å². The predicted octanol–water partition coefficient (Wildman–Crippen LogP) is 9.37. The lowest BCUT2D eigenvalue weighted by molar-refractivity contribution is 0.560. The largest absolute Gasteiger partial charge is 0.0654 e. The average molecular weight is 367 g/mol. The molecule has 0 spiro atoms. The summed E-state index contributed by atoms with van der Waals surface area (Å²) < 4.78 is 0. The van der Waals surface area contributed by atoms with Gasteiger partial charge in [0, 0.05) is 9.52 Å². The van der Waals surface area contributed by atoms with Crippen molar-refractivity contribution in [2.75, 3.05) is 0 Å². The Morgan fingerprint density at radius 3 is 0.840 bits per heavy atom. The van der Waals surface area contributed by atoms with Crippen molar-refractivity contribution in [3.8, 4) is 0 Å². The molecule has 150 valence electrons. The van der Waals surface area contributed by atoms with Crippen molar-refractivity contribution in [2.24, 2.45) is 0 Å². The zero-order chi connectivity index (χ0) is 18.3. The molecule has 0 rings (SSSR count). The third-order valence-corrected chi connectivity index (χ3v) is 6.83. The first-order valence-corrected chi connectivity index (χ1v) is 13.5. The Kier molecular flexibility index (Phi) is 24.4. The highest BCUT2D eigenvalue weighted by molar-refractivity contribution is 6.35. The van der Waals surface area contributed by atoms with Crippen LogP contribution in [0.3, 0.4) is 0 Å². The molecule has 0 saturated heterocycles. The maximum Gasteiger partial charge on any atom is 0.0378 e. The minimum atomic E-state index is 1.26. The van der Waals surface area contributed by atoms with Crippen LogP contribution in [0.5, 0.6) is 0 Å². The zero-order valence-electron chi connectivity index (χ0n) is 18.1. The van der Waals surface area contributed by atoms with Crippen LogP contribution < -0.4 is 0 Å². The molecular formula is C24H50Si. The van der Waals surface area contributed by atoms with Gasteiger partial charge in [0.1, 0.15) is 0 Å². The van der Waals surface area contributed by atoms with Crippen LogP contribution in [0.2, 0.25) is 12.1 Å². The summed E-state index contributed by atoms with van der Waals surface area (Å²) in [6.45, 7) is 4.61. The summed E-state index contributed by atoms with van der Waals surface area (Å²) >= 11 is 0. The standard InChI is InChI=1S/C24H50Si/c1-3-5-7-9-11-13-15-17-19-21-23-25-24-22-20-18-16-14-12-10-8-6-4-2/h3-24H2,1-2H3. The Hall–Kier alpha value is 0.217. The van der Waals surface area contributed by atoms with Crippen molar-refractivity contribution in [3.63, 3.8) is 0 Å². The van der Waals surface area contributed by atoms with E-state index in [2.05, 4.69) is 13.8 Å². The van der Waals surface area contributed by atoms with Gasteiger partial charge in [-0.25, -0.2) is 0 Å². The van der Waals surface area contributed by atoms with Gasteiger partial charge in [-0.2, -0.15) is 0 Å². The molecule has 0 heterocycles. The van der Waals surface area contributed by atoms with Crippen molar-refractivity contribution in [2.45, 2.75) is 154 Å². The van der Waals surface area contributed by atoms with Crippen molar-refractivity contribution in [1.82, 2.24) is 0 Å². The van der Waals surface area contributed by atoms with Gasteiger partial charge >= 0.3 is 0 Å². The maximum atomic E-state index is 2.30. The second-order valence-electron chi connectivity index (χ2n) is 8.11. The van der Waals surface area contributed by atoms with Gasteiger partial charge in [0.05, 0.1) is 0 Å². The van der Waals surface area contributed by atoms with Crippen LogP contribution in [0, 0.1) is 0 Å². The lowest BCUT2D eigenvalue weighted by Crippen LogP contribution is -1.90. The summed E-state index contributed by atoms with van der Waals surface area (Å²) in [4.78, 5) is 0. The summed E-state index contributed by atoms with van der Waals surface area (Å²) in [6.07, 6.45) is 29.5. The Morgan fingerprint density at radius 2 is 0.560 bits per heavy atom. The highest BCUT2D eigenvalue weighted by Crippen LogP contribution is 2.13. The molecule has 0 N–H and O–H groups in total. The molecule has 0 bridgehead atoms. The molecule has 0 aromatic carbocycles. The van der Waals surface area contributed by atoms with E-state index in [0.29, 0.717) is 0 Å². The molecule has 0 nitrogen and oxygen atoms in total. The minimum absolute atomic E-state index is 1.26.